The van der Waals surface area contributed by atoms with Crippen LogP contribution in [0.2, 0.25) is 0 Å². The molecule has 0 bridgehead atoms. The van der Waals surface area contributed by atoms with Gasteiger partial charge >= 0.3 is 0 Å². The summed E-state index contributed by atoms with van der Waals surface area (Å²) in [7, 11) is 0. The highest BCUT2D eigenvalue weighted by Crippen LogP contribution is 2.29. The van der Waals surface area contributed by atoms with Crippen molar-refractivity contribution in [2.75, 3.05) is 0 Å². The monoisotopic (exact) mass is 206 g/mol. The Labute approximate surface area is 90.7 Å². The van der Waals surface area contributed by atoms with Crippen LogP contribution in [0.3, 0.4) is 0 Å². The number of aromatic nitrogens is 1. The van der Waals surface area contributed by atoms with Crippen LogP contribution in [0.15, 0.2) is 12.3 Å². The molecule has 2 N–H and O–H groups in total. The van der Waals surface area contributed by atoms with Crippen molar-refractivity contribution >= 4 is 0 Å². The number of pyridine rings is 1. The Morgan fingerprint density at radius 3 is 2.80 bits per heavy atom. The lowest BCUT2D eigenvalue weighted by atomic mass is 10.0. The highest BCUT2D eigenvalue weighted by molar-refractivity contribution is 5.32. The van der Waals surface area contributed by atoms with E-state index in [2.05, 4.69) is 24.9 Å². The lowest BCUT2D eigenvalue weighted by Gasteiger charge is -2.12. The third-order valence-corrected chi connectivity index (χ3v) is 2.62. The van der Waals surface area contributed by atoms with Gasteiger partial charge in [-0.15, -0.1) is 0 Å². The van der Waals surface area contributed by atoms with Crippen molar-refractivity contribution in [2.45, 2.75) is 45.3 Å². The topological polar surface area (TPSA) is 48.1 Å². The van der Waals surface area contributed by atoms with Crippen LogP contribution in [0.5, 0.6) is 5.75 Å². The minimum absolute atomic E-state index is 0.426. The first-order valence-electron chi connectivity index (χ1n) is 5.56. The third-order valence-electron chi connectivity index (χ3n) is 2.62. The summed E-state index contributed by atoms with van der Waals surface area (Å²) in [6.07, 6.45) is 4.56. The van der Waals surface area contributed by atoms with E-state index in [0.717, 1.165) is 11.4 Å². The summed E-state index contributed by atoms with van der Waals surface area (Å²) >= 11 is 0. The van der Waals surface area contributed by atoms with Crippen LogP contribution in [0, 0.1) is 0 Å². The fourth-order valence-corrected chi connectivity index (χ4v) is 1.60. The molecule has 0 amide bonds. The van der Waals surface area contributed by atoms with Crippen LogP contribution in [0.1, 0.15) is 43.9 Å². The summed E-state index contributed by atoms with van der Waals surface area (Å²) in [4.78, 5) is 4.35. The van der Waals surface area contributed by atoms with Crippen LogP contribution >= 0.6 is 0 Å². The third kappa shape index (κ3) is 2.48. The summed E-state index contributed by atoms with van der Waals surface area (Å²) in [5.41, 5.74) is 7.83. The second kappa shape index (κ2) is 4.19. The molecule has 0 aromatic carbocycles. The van der Waals surface area contributed by atoms with Gasteiger partial charge in [-0.25, -0.2) is 0 Å². The molecule has 1 saturated carbocycles. The van der Waals surface area contributed by atoms with Gasteiger partial charge in [0.25, 0.3) is 0 Å². The average Bonchev–Trinajstić information content (AvgIpc) is 3.01. The van der Waals surface area contributed by atoms with Crippen molar-refractivity contribution in [1.29, 1.82) is 0 Å². The van der Waals surface area contributed by atoms with Crippen LogP contribution < -0.4 is 10.5 Å². The molecular weight excluding hydrogens is 188 g/mol. The van der Waals surface area contributed by atoms with Gasteiger partial charge in [0.05, 0.1) is 18.0 Å². The smallest absolute Gasteiger partial charge is 0.138 e. The number of nitrogens with zero attached hydrogens (tertiary/aromatic N) is 1. The number of nitrogens with two attached hydrogens (primary N) is 1. The molecule has 1 aromatic rings. The maximum atomic E-state index is 5.71. The number of hydrogen-bond donors (Lipinski definition) is 1. The molecule has 1 heterocycles. The molecular formula is C12H18N2O. The minimum Gasteiger partial charge on any atom is -0.489 e. The predicted octanol–water partition coefficient (Wildman–Crippen LogP) is 2.20. The summed E-state index contributed by atoms with van der Waals surface area (Å²) in [5, 5.41) is 0. The lowest BCUT2D eigenvalue weighted by molar-refractivity contribution is 0.301. The molecule has 0 atom stereocenters. The van der Waals surface area contributed by atoms with Crippen molar-refractivity contribution in [3.05, 3.63) is 23.5 Å². The van der Waals surface area contributed by atoms with Gasteiger partial charge in [0.2, 0.25) is 0 Å². The first kappa shape index (κ1) is 10.4. The lowest BCUT2D eigenvalue weighted by Crippen LogP contribution is -2.07. The molecule has 1 fully saturated rings. The van der Waals surface area contributed by atoms with Crippen molar-refractivity contribution in [2.24, 2.45) is 5.73 Å². The molecule has 0 spiro atoms. The largest absolute Gasteiger partial charge is 0.489 e. The summed E-state index contributed by atoms with van der Waals surface area (Å²) < 4.78 is 5.71. The Hall–Kier alpha value is -1.09. The summed E-state index contributed by atoms with van der Waals surface area (Å²) in [6.45, 7) is 4.80. The van der Waals surface area contributed by atoms with Crippen LogP contribution in [-0.2, 0) is 6.54 Å². The Morgan fingerprint density at radius 1 is 1.53 bits per heavy atom. The Morgan fingerprint density at radius 2 is 2.27 bits per heavy atom. The highest BCUT2D eigenvalue weighted by Gasteiger charge is 2.24. The summed E-state index contributed by atoms with van der Waals surface area (Å²) in [6, 6.07) is 2.08. The fraction of sp³-hybridized carbons (Fsp3) is 0.583. The maximum Gasteiger partial charge on any atom is 0.138 e. The highest BCUT2D eigenvalue weighted by atomic mass is 16.5. The van der Waals surface area contributed by atoms with E-state index in [1.165, 1.54) is 18.4 Å². The molecule has 0 radical (unpaired) electrons. The van der Waals surface area contributed by atoms with Crippen LogP contribution in [0.4, 0.5) is 0 Å². The average molecular weight is 206 g/mol. The van der Waals surface area contributed by atoms with Gasteiger partial charge in [-0.1, -0.05) is 13.8 Å². The normalized spacial score (nSPS) is 15.7. The Balaban J connectivity index is 2.22. The minimum atomic E-state index is 0.426. The molecule has 0 aliphatic heterocycles. The zero-order valence-corrected chi connectivity index (χ0v) is 9.36. The molecule has 0 saturated heterocycles. The van der Waals surface area contributed by atoms with Crippen LogP contribution in [-0.4, -0.2) is 11.1 Å². The van der Waals surface area contributed by atoms with Gasteiger partial charge in [0, 0.05) is 6.54 Å². The first-order chi connectivity index (χ1) is 7.20. The molecule has 2 rings (SSSR count). The molecule has 82 valence electrons. The van der Waals surface area contributed by atoms with Crippen molar-refractivity contribution < 1.29 is 4.74 Å². The standard InChI is InChI=1S/C12H18N2O/c1-8(2)11-5-10(15-9-3-4-9)7-14-12(11)6-13/h5,7-9H,3-4,6,13H2,1-2H3. The van der Waals surface area contributed by atoms with Crippen molar-refractivity contribution in [3.8, 4) is 5.75 Å². The molecule has 0 unspecified atom stereocenters. The molecule has 1 aromatic heterocycles. The quantitative estimate of drug-likeness (QED) is 0.821. The second-order valence-corrected chi connectivity index (χ2v) is 4.38. The zero-order valence-electron chi connectivity index (χ0n) is 9.36. The van der Waals surface area contributed by atoms with Gasteiger partial charge < -0.3 is 10.5 Å². The maximum absolute atomic E-state index is 5.71. The number of ether oxygens (including phenoxy) is 1. The summed E-state index contributed by atoms with van der Waals surface area (Å²) in [5.74, 6) is 1.33. The Bertz CT molecular complexity index is 345. The van der Waals surface area contributed by atoms with Gasteiger partial charge in [0.1, 0.15) is 5.75 Å². The van der Waals surface area contributed by atoms with E-state index in [0.29, 0.717) is 18.6 Å². The van der Waals surface area contributed by atoms with E-state index in [1.54, 1.807) is 6.20 Å². The van der Waals surface area contributed by atoms with E-state index in [1.807, 2.05) is 0 Å². The molecule has 1 aliphatic carbocycles. The molecule has 1 aliphatic rings. The van der Waals surface area contributed by atoms with E-state index in [4.69, 9.17) is 10.5 Å². The van der Waals surface area contributed by atoms with Crippen molar-refractivity contribution in [1.82, 2.24) is 4.98 Å². The van der Waals surface area contributed by atoms with Crippen molar-refractivity contribution in [3.63, 3.8) is 0 Å². The number of rotatable bonds is 4. The van der Waals surface area contributed by atoms with Gasteiger partial charge in [0.15, 0.2) is 0 Å². The van der Waals surface area contributed by atoms with Gasteiger partial charge in [-0.3, -0.25) is 4.98 Å². The SMILES string of the molecule is CC(C)c1cc(OC2CC2)cnc1CN. The zero-order chi connectivity index (χ0) is 10.8. The van der Waals surface area contributed by atoms with Crippen LogP contribution in [0.25, 0.3) is 0 Å². The van der Waals surface area contributed by atoms with E-state index >= 15 is 0 Å². The molecule has 3 heteroatoms. The molecule has 15 heavy (non-hydrogen) atoms. The van der Waals surface area contributed by atoms with Gasteiger partial charge in [-0.2, -0.15) is 0 Å². The van der Waals surface area contributed by atoms with E-state index in [-0.39, 0.29) is 0 Å². The molecule has 3 nitrogen and oxygen atoms in total. The fourth-order valence-electron chi connectivity index (χ4n) is 1.60. The second-order valence-electron chi connectivity index (χ2n) is 4.38. The predicted molar refractivity (Wildman–Crippen MR) is 59.9 cm³/mol. The number of hydrogen-bond acceptors (Lipinski definition) is 3. The van der Waals surface area contributed by atoms with Gasteiger partial charge in [-0.05, 0) is 30.4 Å². The van der Waals surface area contributed by atoms with E-state index < -0.39 is 0 Å². The Kier molecular flexibility index (Phi) is 2.91. The van der Waals surface area contributed by atoms with E-state index in [9.17, 15) is 0 Å². The first-order valence-corrected chi connectivity index (χ1v) is 5.56.